The Morgan fingerprint density at radius 2 is 1.52 bits per heavy atom. The molecule has 0 atom stereocenters. The first-order valence-corrected chi connectivity index (χ1v) is 13.4. The predicted octanol–water partition coefficient (Wildman–Crippen LogP) is 7.31. The third kappa shape index (κ3) is 8.36. The summed E-state index contributed by atoms with van der Waals surface area (Å²) in [6.07, 6.45) is -3.61. The van der Waals surface area contributed by atoms with Crippen LogP contribution in [0.15, 0.2) is 91.0 Å². The second kappa shape index (κ2) is 13.7. The second-order valence-corrected chi connectivity index (χ2v) is 9.47. The third-order valence-electron chi connectivity index (χ3n) is 6.53. The molecule has 0 saturated heterocycles. The van der Waals surface area contributed by atoms with Gasteiger partial charge in [-0.1, -0.05) is 60.7 Å². The number of hydrogen-bond donors (Lipinski definition) is 2. The summed E-state index contributed by atoms with van der Waals surface area (Å²) in [4.78, 5) is 23.0. The Balaban J connectivity index is 1.59. The van der Waals surface area contributed by atoms with Gasteiger partial charge in [-0.2, -0.15) is 0 Å². The first kappa shape index (κ1) is 30.2. The number of aliphatic carboxylic acids is 1. The Labute approximate surface area is 241 Å². The van der Waals surface area contributed by atoms with Crippen molar-refractivity contribution >= 4 is 11.9 Å². The molecule has 218 valence electrons. The van der Waals surface area contributed by atoms with E-state index in [2.05, 4.69) is 10.1 Å². The van der Waals surface area contributed by atoms with Gasteiger partial charge in [0.05, 0.1) is 13.0 Å². The van der Waals surface area contributed by atoms with Gasteiger partial charge >= 0.3 is 12.3 Å². The Kier molecular flexibility index (Phi) is 9.85. The van der Waals surface area contributed by atoms with Crippen molar-refractivity contribution in [3.05, 3.63) is 108 Å². The van der Waals surface area contributed by atoms with Crippen LogP contribution in [0.2, 0.25) is 0 Å². The van der Waals surface area contributed by atoms with Crippen LogP contribution >= 0.6 is 0 Å². The maximum absolute atomic E-state index is 12.6. The highest BCUT2D eigenvalue weighted by Crippen LogP contribution is 2.36. The number of alkyl halides is 3. The van der Waals surface area contributed by atoms with E-state index in [4.69, 9.17) is 9.84 Å². The summed E-state index contributed by atoms with van der Waals surface area (Å²) in [5, 5.41) is 11.3. The van der Waals surface area contributed by atoms with Crippen molar-refractivity contribution in [2.75, 3.05) is 13.2 Å². The molecule has 0 aliphatic heterocycles. The van der Waals surface area contributed by atoms with Gasteiger partial charge in [0, 0.05) is 17.7 Å². The van der Waals surface area contributed by atoms with Gasteiger partial charge in [0.1, 0.15) is 11.5 Å². The molecule has 0 aliphatic rings. The lowest BCUT2D eigenvalue weighted by Crippen LogP contribution is -2.25. The number of amides is 1. The molecule has 1 amide bonds. The zero-order valence-electron chi connectivity index (χ0n) is 22.9. The van der Waals surface area contributed by atoms with Crippen LogP contribution in [0.4, 0.5) is 13.2 Å². The summed E-state index contributed by atoms with van der Waals surface area (Å²) in [6.45, 7) is 2.48. The molecular weight excluding hydrogens is 547 g/mol. The van der Waals surface area contributed by atoms with Crippen LogP contribution in [-0.4, -0.2) is 36.5 Å². The van der Waals surface area contributed by atoms with Crippen LogP contribution in [0.25, 0.3) is 22.3 Å². The summed E-state index contributed by atoms with van der Waals surface area (Å²) >= 11 is 0. The number of hydrogen-bond acceptors (Lipinski definition) is 4. The molecule has 4 rings (SSSR count). The smallest absolute Gasteiger partial charge is 0.493 e. The quantitative estimate of drug-likeness (QED) is 0.185. The summed E-state index contributed by atoms with van der Waals surface area (Å²) in [7, 11) is 0. The molecule has 6 nitrogen and oxygen atoms in total. The fraction of sp³-hybridized carbons (Fsp3) is 0.212. The highest BCUT2D eigenvalue weighted by atomic mass is 19.4. The molecule has 0 spiro atoms. The maximum Gasteiger partial charge on any atom is 0.573 e. The van der Waals surface area contributed by atoms with Crippen LogP contribution in [0.3, 0.4) is 0 Å². The summed E-state index contributed by atoms with van der Waals surface area (Å²) in [5.74, 6) is -0.851. The molecule has 0 unspecified atom stereocenters. The zero-order valence-corrected chi connectivity index (χ0v) is 22.9. The van der Waals surface area contributed by atoms with E-state index in [0.29, 0.717) is 25.0 Å². The van der Waals surface area contributed by atoms with Crippen molar-refractivity contribution in [3.63, 3.8) is 0 Å². The fourth-order valence-electron chi connectivity index (χ4n) is 4.55. The highest BCUT2D eigenvalue weighted by Gasteiger charge is 2.31. The summed E-state index contributed by atoms with van der Waals surface area (Å²) in [5.41, 5.74) is 5.96. The molecule has 4 aromatic rings. The molecule has 0 aromatic heterocycles. The van der Waals surface area contributed by atoms with Gasteiger partial charge in [-0.3, -0.25) is 9.59 Å². The average Bonchev–Trinajstić information content (AvgIpc) is 2.96. The van der Waals surface area contributed by atoms with E-state index >= 15 is 0 Å². The van der Waals surface area contributed by atoms with Crippen molar-refractivity contribution in [3.8, 4) is 33.8 Å². The van der Waals surface area contributed by atoms with Crippen molar-refractivity contribution in [1.82, 2.24) is 5.32 Å². The van der Waals surface area contributed by atoms with Crippen molar-refractivity contribution in [1.29, 1.82) is 0 Å². The Bertz CT molecular complexity index is 1520. The lowest BCUT2D eigenvalue weighted by Gasteiger charge is -2.16. The van der Waals surface area contributed by atoms with Crippen LogP contribution in [-0.2, 0) is 17.6 Å². The fourth-order valence-corrected chi connectivity index (χ4v) is 4.55. The number of carbonyl (C=O) groups is 2. The average molecular weight is 578 g/mol. The van der Waals surface area contributed by atoms with Crippen molar-refractivity contribution in [2.24, 2.45) is 0 Å². The molecule has 0 bridgehead atoms. The lowest BCUT2D eigenvalue weighted by atomic mass is 9.91. The molecular formula is C33H30F3NO5. The van der Waals surface area contributed by atoms with E-state index in [1.165, 1.54) is 12.1 Å². The number of carboxylic acids is 1. The van der Waals surface area contributed by atoms with Gasteiger partial charge in [0.25, 0.3) is 5.91 Å². The van der Waals surface area contributed by atoms with Crippen LogP contribution < -0.4 is 14.8 Å². The molecule has 0 radical (unpaired) electrons. The minimum Gasteiger partial charge on any atom is -0.493 e. The molecule has 0 heterocycles. The Morgan fingerprint density at radius 1 is 0.833 bits per heavy atom. The molecule has 42 heavy (non-hydrogen) atoms. The van der Waals surface area contributed by atoms with Crippen molar-refractivity contribution in [2.45, 2.75) is 32.5 Å². The monoisotopic (exact) mass is 577 g/mol. The third-order valence-corrected chi connectivity index (χ3v) is 6.53. The number of nitrogens with one attached hydrogen (secondary N) is 1. The van der Waals surface area contributed by atoms with Gasteiger partial charge in [0.2, 0.25) is 0 Å². The first-order valence-electron chi connectivity index (χ1n) is 13.4. The number of ether oxygens (including phenoxy) is 2. The van der Waals surface area contributed by atoms with Crippen LogP contribution in [0.5, 0.6) is 11.5 Å². The van der Waals surface area contributed by atoms with E-state index in [0.717, 1.165) is 39.1 Å². The van der Waals surface area contributed by atoms with Crippen LogP contribution in [0.1, 0.15) is 34.8 Å². The number of aryl methyl sites for hydroxylation is 2. The number of carbonyl (C=O) groups excluding carboxylic acids is 1. The van der Waals surface area contributed by atoms with Crippen LogP contribution in [0, 0.1) is 0 Å². The van der Waals surface area contributed by atoms with E-state index < -0.39 is 12.3 Å². The number of halogens is 3. The lowest BCUT2D eigenvalue weighted by molar-refractivity contribution is -0.274. The Morgan fingerprint density at radius 3 is 2.19 bits per heavy atom. The summed E-state index contributed by atoms with van der Waals surface area (Å²) < 4.78 is 47.7. The maximum atomic E-state index is 12.6. The van der Waals surface area contributed by atoms with Crippen molar-refractivity contribution < 1.29 is 37.3 Å². The van der Waals surface area contributed by atoms with Gasteiger partial charge in [-0.15, -0.1) is 13.2 Å². The van der Waals surface area contributed by atoms with E-state index in [1.807, 2.05) is 61.5 Å². The number of carboxylic acid groups (broad SMARTS) is 1. The standard InChI is InChI=1S/C33H30F3NO5/c1-2-41-30-6-4-3-5-29(30)28-18-15-25(23-13-16-27(17-14-23)42-33(34,35)36)21-26(28)12-9-22-7-10-24(11-8-22)32(40)37-20-19-31(38)39/h3-8,10-11,13-18,21H,2,9,12,19-20H2,1H3,(H,37,40)(H,38,39). The second-order valence-electron chi connectivity index (χ2n) is 9.47. The van der Waals surface area contributed by atoms with Gasteiger partial charge in [-0.05, 0) is 77.9 Å². The largest absolute Gasteiger partial charge is 0.573 e. The van der Waals surface area contributed by atoms with Gasteiger partial charge in [-0.25, -0.2) is 0 Å². The number of rotatable bonds is 12. The predicted molar refractivity (Wildman–Crippen MR) is 154 cm³/mol. The van der Waals surface area contributed by atoms with E-state index in [9.17, 15) is 22.8 Å². The van der Waals surface area contributed by atoms with Gasteiger partial charge < -0.3 is 19.9 Å². The van der Waals surface area contributed by atoms with Gasteiger partial charge in [0.15, 0.2) is 0 Å². The highest BCUT2D eigenvalue weighted by molar-refractivity contribution is 5.94. The topological polar surface area (TPSA) is 84.9 Å². The molecule has 9 heteroatoms. The molecule has 0 aliphatic carbocycles. The minimum atomic E-state index is -4.76. The number of benzene rings is 4. The summed E-state index contributed by atoms with van der Waals surface area (Å²) in [6, 6.07) is 26.6. The SMILES string of the molecule is CCOc1ccccc1-c1ccc(-c2ccc(OC(F)(F)F)cc2)cc1CCc1ccc(C(=O)NCCC(=O)O)cc1. The van der Waals surface area contributed by atoms with E-state index in [1.54, 1.807) is 24.3 Å². The molecule has 4 aromatic carbocycles. The molecule has 0 saturated carbocycles. The van der Waals surface area contributed by atoms with E-state index in [-0.39, 0.29) is 24.6 Å². The number of para-hydroxylation sites is 1. The molecule has 2 N–H and O–H groups in total. The normalized spacial score (nSPS) is 11.1. The Hall–Kier alpha value is -4.79. The zero-order chi connectivity index (χ0) is 30.1. The first-order chi connectivity index (χ1) is 20.1. The minimum absolute atomic E-state index is 0.0519. The molecule has 0 fully saturated rings.